The second-order valence-electron chi connectivity index (χ2n) is 6.89. The van der Waals surface area contributed by atoms with Crippen LogP contribution in [0.3, 0.4) is 0 Å². The van der Waals surface area contributed by atoms with Crippen molar-refractivity contribution in [2.45, 2.75) is 27.7 Å². The molecule has 0 amide bonds. The van der Waals surface area contributed by atoms with Crippen molar-refractivity contribution in [2.24, 2.45) is 0 Å². The molecule has 0 saturated carbocycles. The van der Waals surface area contributed by atoms with Gasteiger partial charge in [0.15, 0.2) is 0 Å². The van der Waals surface area contributed by atoms with Gasteiger partial charge in [0, 0.05) is 0 Å². The van der Waals surface area contributed by atoms with Gasteiger partial charge in [-0.1, -0.05) is 0 Å². The molecule has 3 aromatic rings. The number of benzene rings is 3. The second kappa shape index (κ2) is 23.8. The van der Waals surface area contributed by atoms with Crippen molar-refractivity contribution in [2.75, 3.05) is 5.32 Å². The molecule has 0 bridgehead atoms. The van der Waals surface area contributed by atoms with E-state index in [1.165, 1.54) is 22.3 Å². The molecule has 6 nitrogen and oxygen atoms in total. The van der Waals surface area contributed by atoms with Crippen LogP contribution in [0.5, 0.6) is 0 Å². The first-order valence-corrected chi connectivity index (χ1v) is 10.7. The molecule has 0 atom stereocenters. The third-order valence-electron chi connectivity index (χ3n) is 4.49. The summed E-state index contributed by atoms with van der Waals surface area (Å²) in [6.07, 6.45) is 0. The molecule has 37 heavy (non-hydrogen) atoms. The van der Waals surface area contributed by atoms with Crippen molar-refractivity contribution in [3.63, 3.8) is 0 Å². The summed E-state index contributed by atoms with van der Waals surface area (Å²) in [4.78, 5) is 0. The zero-order chi connectivity index (χ0) is 29.4. The first-order chi connectivity index (χ1) is 17.9. The van der Waals surface area contributed by atoms with Crippen LogP contribution in [0.25, 0.3) is 0 Å². The summed E-state index contributed by atoms with van der Waals surface area (Å²) >= 11 is 3.14. The number of anilines is 1. The SMILES string of the molecule is Cc1ccc([C](=[Cr])Nc2ccccc2C#Cc2c(C)cc(C)cc2C)cc1.[C-]#[O+].[C-]#[O+].[C-]#[O+].[C-]#[O+].[C-]#[O+]. The summed E-state index contributed by atoms with van der Waals surface area (Å²) in [6, 6.07) is 21.0. The molecule has 0 aliphatic rings. The molecule has 7 heteroatoms. The molecular formula is C30H23CrNO5. The van der Waals surface area contributed by atoms with Crippen LogP contribution in [-0.4, -0.2) is 4.50 Å². The van der Waals surface area contributed by atoms with Crippen LogP contribution in [0.1, 0.15) is 38.9 Å². The Balaban J connectivity index is -0.00000103. The van der Waals surface area contributed by atoms with Gasteiger partial charge in [0.1, 0.15) is 0 Å². The fourth-order valence-electron chi connectivity index (χ4n) is 3.11. The van der Waals surface area contributed by atoms with Crippen LogP contribution < -0.4 is 5.32 Å². The van der Waals surface area contributed by atoms with Gasteiger partial charge < -0.3 is 0 Å². The molecule has 0 fully saturated rings. The molecule has 184 valence electrons. The van der Waals surface area contributed by atoms with Crippen molar-refractivity contribution in [3.8, 4) is 11.8 Å². The van der Waals surface area contributed by atoms with Gasteiger partial charge in [0.25, 0.3) is 0 Å². The standard InChI is InChI=1S/C25H23N.5CO.Cr/c1-18-9-11-22(12-10-18)17-26-25-8-6-5-7-23(25)13-14-24-20(3)15-19(2)16-21(24)4;5*1-2;/h5-12,15-16,26H,1-4H3;;;;;;. The van der Waals surface area contributed by atoms with E-state index in [4.69, 9.17) is 23.3 Å². The maximum atomic E-state index is 7.50. The Hall–Kier alpha value is -3.88. The minimum atomic E-state index is 0.983. The summed E-state index contributed by atoms with van der Waals surface area (Å²) in [5.41, 5.74) is 9.20. The number of aryl methyl sites for hydroxylation is 4. The van der Waals surface area contributed by atoms with Gasteiger partial charge in [-0.05, 0) is 0 Å². The van der Waals surface area contributed by atoms with E-state index in [2.05, 4.69) is 142 Å². The number of rotatable bonds is 3. The molecule has 0 unspecified atom stereocenters. The average molecular weight is 530 g/mol. The minimum absolute atomic E-state index is 0.983. The fraction of sp³-hybridized carbons (Fsp3) is 0.133. The van der Waals surface area contributed by atoms with Gasteiger partial charge in [0.2, 0.25) is 0 Å². The number of nitrogens with one attached hydrogen (secondary N) is 1. The van der Waals surface area contributed by atoms with E-state index in [0.29, 0.717) is 0 Å². The molecular weight excluding hydrogens is 506 g/mol. The van der Waals surface area contributed by atoms with Crippen LogP contribution >= 0.6 is 0 Å². The van der Waals surface area contributed by atoms with Crippen molar-refractivity contribution in [3.05, 3.63) is 133 Å². The third kappa shape index (κ3) is 13.7. The van der Waals surface area contributed by atoms with Gasteiger partial charge in [-0.2, -0.15) is 0 Å². The molecule has 0 aromatic heterocycles. The van der Waals surface area contributed by atoms with Gasteiger partial charge in [-0.3, -0.25) is 0 Å². The Bertz CT molecular complexity index is 1230. The first kappa shape index (κ1) is 37.7. The van der Waals surface area contributed by atoms with Crippen LogP contribution in [-0.2, 0) is 39.1 Å². The van der Waals surface area contributed by atoms with E-state index in [1.54, 1.807) is 0 Å². The van der Waals surface area contributed by atoms with Crippen molar-refractivity contribution < 1.29 is 39.1 Å². The van der Waals surface area contributed by atoms with Crippen LogP contribution in [0.15, 0.2) is 60.7 Å². The molecule has 3 rings (SSSR count). The van der Waals surface area contributed by atoms with Crippen LogP contribution in [0.4, 0.5) is 5.69 Å². The van der Waals surface area contributed by atoms with Crippen LogP contribution in [0, 0.1) is 72.8 Å². The van der Waals surface area contributed by atoms with E-state index in [-0.39, 0.29) is 0 Å². The monoisotopic (exact) mass is 529 g/mol. The van der Waals surface area contributed by atoms with Crippen LogP contribution in [0.2, 0.25) is 0 Å². The van der Waals surface area contributed by atoms with Crippen molar-refractivity contribution in [1.29, 1.82) is 0 Å². The summed E-state index contributed by atoms with van der Waals surface area (Å²) in [5, 5.41) is 3.48. The molecule has 1 N–H and O–H groups in total. The number of para-hydroxylation sites is 1. The van der Waals surface area contributed by atoms with Gasteiger partial charge in [-0.25, -0.2) is 0 Å². The van der Waals surface area contributed by atoms with E-state index >= 15 is 0 Å². The van der Waals surface area contributed by atoms with Crippen molar-refractivity contribution in [1.82, 2.24) is 0 Å². The molecule has 0 spiro atoms. The molecule has 3 aromatic carbocycles. The average Bonchev–Trinajstić information content (AvgIpc) is 2.95. The zero-order valence-corrected chi connectivity index (χ0v) is 22.0. The molecule has 0 saturated heterocycles. The second-order valence-corrected chi connectivity index (χ2v) is 7.53. The van der Waals surface area contributed by atoms with Gasteiger partial charge in [0.05, 0.1) is 0 Å². The quantitative estimate of drug-likeness (QED) is 0.278. The zero-order valence-electron chi connectivity index (χ0n) is 20.7. The summed E-state index contributed by atoms with van der Waals surface area (Å²) in [6.45, 7) is 31.0. The topological polar surface area (TPSA) is 112 Å². The van der Waals surface area contributed by atoms with Gasteiger partial charge in [-0.15, -0.1) is 0 Å². The predicted octanol–water partition coefficient (Wildman–Crippen LogP) is 5.27. The normalized spacial score (nSPS) is 7.62. The Kier molecular flexibility index (Phi) is 24.3. The molecule has 0 heterocycles. The van der Waals surface area contributed by atoms with Crippen molar-refractivity contribution >= 4 is 10.2 Å². The third-order valence-corrected chi connectivity index (χ3v) is 5.02. The Morgan fingerprint density at radius 1 is 0.649 bits per heavy atom. The van der Waals surface area contributed by atoms with E-state index in [0.717, 1.165) is 26.9 Å². The molecule has 0 radical (unpaired) electrons. The maximum absolute atomic E-state index is 7.50. The van der Waals surface area contributed by atoms with E-state index in [1.807, 2.05) is 12.1 Å². The Morgan fingerprint density at radius 3 is 1.59 bits per heavy atom. The summed E-state index contributed by atoms with van der Waals surface area (Å²) in [7, 11) is 0. The Labute approximate surface area is 226 Å². The molecule has 0 aliphatic heterocycles. The summed E-state index contributed by atoms with van der Waals surface area (Å²) < 4.78 is 38.5. The van der Waals surface area contributed by atoms with E-state index in [9.17, 15) is 0 Å². The van der Waals surface area contributed by atoms with Gasteiger partial charge >= 0.3 is 227 Å². The number of hydrogen-bond acceptors (Lipinski definition) is 1. The van der Waals surface area contributed by atoms with E-state index < -0.39 is 0 Å². The Morgan fingerprint density at radius 2 is 1.11 bits per heavy atom. The number of hydrogen-bond donors (Lipinski definition) is 1. The molecule has 0 aliphatic carbocycles. The summed E-state index contributed by atoms with van der Waals surface area (Å²) in [5.74, 6) is 6.73. The predicted molar refractivity (Wildman–Crippen MR) is 132 cm³/mol. The fourth-order valence-corrected chi connectivity index (χ4v) is 3.49. The first-order valence-electron chi connectivity index (χ1n) is 10.0.